The van der Waals surface area contributed by atoms with E-state index in [9.17, 15) is 27.2 Å². The van der Waals surface area contributed by atoms with Gasteiger partial charge in [0.25, 0.3) is 0 Å². The first kappa shape index (κ1) is 19.7. The fourth-order valence-corrected chi connectivity index (χ4v) is 1.87. The number of urea groups is 1. The lowest BCUT2D eigenvalue weighted by molar-refractivity contribution is -0.137. The molecule has 0 unspecified atom stereocenters. The van der Waals surface area contributed by atoms with Crippen LogP contribution in [-0.4, -0.2) is 31.2 Å². The molecule has 0 radical (unpaired) electrons. The Morgan fingerprint density at radius 1 is 1.08 bits per heavy atom. The molecule has 24 heavy (non-hydrogen) atoms. The van der Waals surface area contributed by atoms with Gasteiger partial charge in [-0.3, -0.25) is 4.79 Å². The third kappa shape index (κ3) is 6.05. The summed E-state index contributed by atoms with van der Waals surface area (Å²) in [5.74, 6) is -0.537. The van der Waals surface area contributed by atoms with E-state index in [1.54, 1.807) is 6.92 Å². The van der Waals surface area contributed by atoms with Crippen molar-refractivity contribution >= 4 is 11.9 Å². The molecule has 0 heterocycles. The van der Waals surface area contributed by atoms with Gasteiger partial charge in [0.1, 0.15) is 12.7 Å². The Bertz CT molecular complexity index is 561. The number of carbonyl (C=O) groups is 2. The van der Waals surface area contributed by atoms with Gasteiger partial charge in [-0.15, -0.1) is 0 Å². The number of rotatable bonds is 6. The summed E-state index contributed by atoms with van der Waals surface area (Å²) in [4.78, 5) is 23.3. The van der Waals surface area contributed by atoms with Crippen LogP contribution in [0.2, 0.25) is 0 Å². The molecule has 0 spiro atoms. The van der Waals surface area contributed by atoms with E-state index in [1.807, 2.05) is 0 Å². The molecule has 0 aliphatic rings. The zero-order valence-electron chi connectivity index (χ0n) is 13.2. The topological polar surface area (TPSA) is 70.2 Å². The van der Waals surface area contributed by atoms with E-state index < -0.39 is 42.4 Å². The molecule has 0 saturated carbocycles. The quantitative estimate of drug-likeness (QED) is 0.691. The molecule has 3 amide bonds. The maximum atomic E-state index is 12.5. The second-order valence-corrected chi connectivity index (χ2v) is 5.16. The fourth-order valence-electron chi connectivity index (χ4n) is 1.87. The van der Waals surface area contributed by atoms with Crippen LogP contribution >= 0.6 is 0 Å². The maximum absolute atomic E-state index is 12.5. The maximum Gasteiger partial charge on any atom is 0.416 e. The van der Waals surface area contributed by atoms with Crippen molar-refractivity contribution in [1.82, 2.24) is 16.0 Å². The Balaban J connectivity index is 2.56. The lowest BCUT2D eigenvalue weighted by Crippen LogP contribution is -2.49. The molecule has 5 nitrogen and oxygen atoms in total. The van der Waals surface area contributed by atoms with Crippen LogP contribution in [0.1, 0.15) is 31.0 Å². The van der Waals surface area contributed by atoms with Gasteiger partial charge < -0.3 is 16.0 Å². The number of amides is 3. The number of hydrogen-bond acceptors (Lipinski definition) is 2. The lowest BCUT2D eigenvalue weighted by atomic mass is 10.1. The summed E-state index contributed by atoms with van der Waals surface area (Å²) < 4.78 is 49.4. The Labute approximate surface area is 136 Å². The van der Waals surface area contributed by atoms with Gasteiger partial charge in [0, 0.05) is 6.54 Å². The highest BCUT2D eigenvalue weighted by molar-refractivity contribution is 5.86. The van der Waals surface area contributed by atoms with Crippen molar-refractivity contribution in [2.24, 2.45) is 0 Å². The molecule has 0 fully saturated rings. The minimum atomic E-state index is -4.42. The zero-order valence-corrected chi connectivity index (χ0v) is 13.2. The van der Waals surface area contributed by atoms with Crippen LogP contribution in [-0.2, 0) is 11.0 Å². The van der Waals surface area contributed by atoms with E-state index in [0.717, 1.165) is 12.1 Å². The van der Waals surface area contributed by atoms with Crippen LogP contribution in [0, 0.1) is 0 Å². The van der Waals surface area contributed by atoms with Gasteiger partial charge >= 0.3 is 12.2 Å². The number of alkyl halides is 4. The Morgan fingerprint density at radius 2 is 1.67 bits per heavy atom. The minimum Gasteiger partial charge on any atom is -0.352 e. The normalized spacial score (nSPS) is 13.8. The summed E-state index contributed by atoms with van der Waals surface area (Å²) in [7, 11) is 0. The first-order chi connectivity index (χ1) is 11.1. The van der Waals surface area contributed by atoms with Gasteiger partial charge in [-0.25, -0.2) is 9.18 Å². The number of nitrogens with one attached hydrogen (secondary N) is 3. The predicted octanol–water partition coefficient (Wildman–Crippen LogP) is 2.54. The molecule has 1 rings (SSSR count). The van der Waals surface area contributed by atoms with Crippen molar-refractivity contribution in [2.75, 3.05) is 13.2 Å². The summed E-state index contributed by atoms with van der Waals surface area (Å²) >= 11 is 0. The van der Waals surface area contributed by atoms with Gasteiger partial charge in [0.05, 0.1) is 11.6 Å². The molecule has 0 aromatic heterocycles. The molecule has 9 heteroatoms. The molecule has 0 aliphatic carbocycles. The van der Waals surface area contributed by atoms with Crippen LogP contribution in [0.4, 0.5) is 22.4 Å². The standard InChI is InChI=1S/C15H19F4N3O2/c1-9(11-3-5-12(6-4-11)15(17,18)19)21-14(24)22-10(2)13(23)20-8-7-16/h3-6,9-10H,7-8H2,1-2H3,(H,20,23)(H2,21,22,24)/t9-,10-/m0/s1. The van der Waals surface area contributed by atoms with Crippen molar-refractivity contribution in [3.05, 3.63) is 35.4 Å². The van der Waals surface area contributed by atoms with Crippen molar-refractivity contribution in [1.29, 1.82) is 0 Å². The minimum absolute atomic E-state index is 0.144. The number of carbonyl (C=O) groups excluding carboxylic acids is 2. The summed E-state index contributed by atoms with van der Waals surface area (Å²) in [6, 6.07) is 2.29. The summed E-state index contributed by atoms with van der Waals surface area (Å²) in [5.41, 5.74) is -0.297. The second kappa shape index (κ2) is 8.51. The summed E-state index contributed by atoms with van der Waals surface area (Å²) in [6.07, 6.45) is -4.42. The molecular formula is C15H19F4N3O2. The smallest absolute Gasteiger partial charge is 0.352 e. The molecular weight excluding hydrogens is 330 g/mol. The number of halogens is 4. The lowest BCUT2D eigenvalue weighted by Gasteiger charge is -2.18. The van der Waals surface area contributed by atoms with Gasteiger partial charge in [-0.2, -0.15) is 13.2 Å². The van der Waals surface area contributed by atoms with Crippen LogP contribution in [0.5, 0.6) is 0 Å². The third-order valence-corrected chi connectivity index (χ3v) is 3.22. The molecule has 0 bridgehead atoms. The SMILES string of the molecule is C[C@H](NC(=O)N[C@@H](C)c1ccc(C(F)(F)F)cc1)C(=O)NCCF. The van der Waals surface area contributed by atoms with Gasteiger partial charge in [-0.05, 0) is 31.5 Å². The van der Waals surface area contributed by atoms with E-state index in [2.05, 4.69) is 16.0 Å². The third-order valence-electron chi connectivity index (χ3n) is 3.22. The highest BCUT2D eigenvalue weighted by Crippen LogP contribution is 2.29. The monoisotopic (exact) mass is 349 g/mol. The van der Waals surface area contributed by atoms with E-state index in [0.29, 0.717) is 5.56 Å². The van der Waals surface area contributed by atoms with Crippen molar-refractivity contribution in [2.45, 2.75) is 32.1 Å². The highest BCUT2D eigenvalue weighted by atomic mass is 19.4. The molecule has 0 aliphatic heterocycles. The van der Waals surface area contributed by atoms with Crippen LogP contribution < -0.4 is 16.0 Å². The zero-order chi connectivity index (χ0) is 18.3. The number of benzene rings is 1. The predicted molar refractivity (Wildman–Crippen MR) is 80.0 cm³/mol. The molecule has 2 atom stereocenters. The molecule has 134 valence electrons. The van der Waals surface area contributed by atoms with Crippen LogP contribution in [0.3, 0.4) is 0 Å². The molecule has 1 aromatic rings. The van der Waals surface area contributed by atoms with Crippen LogP contribution in [0.15, 0.2) is 24.3 Å². The van der Waals surface area contributed by atoms with E-state index in [1.165, 1.54) is 19.1 Å². The van der Waals surface area contributed by atoms with E-state index >= 15 is 0 Å². The summed E-state index contributed by atoms with van der Waals surface area (Å²) in [5, 5.41) is 7.15. The number of hydrogen-bond donors (Lipinski definition) is 3. The summed E-state index contributed by atoms with van der Waals surface area (Å²) in [6.45, 7) is 2.16. The fraction of sp³-hybridized carbons (Fsp3) is 0.467. The van der Waals surface area contributed by atoms with Gasteiger partial charge in [-0.1, -0.05) is 12.1 Å². The molecule has 0 saturated heterocycles. The largest absolute Gasteiger partial charge is 0.416 e. The van der Waals surface area contributed by atoms with Crippen molar-refractivity contribution in [3.8, 4) is 0 Å². The second-order valence-electron chi connectivity index (χ2n) is 5.16. The molecule has 1 aromatic carbocycles. The van der Waals surface area contributed by atoms with Crippen molar-refractivity contribution in [3.63, 3.8) is 0 Å². The van der Waals surface area contributed by atoms with Gasteiger partial charge in [0.15, 0.2) is 0 Å². The first-order valence-electron chi connectivity index (χ1n) is 7.23. The Morgan fingerprint density at radius 3 is 2.17 bits per heavy atom. The van der Waals surface area contributed by atoms with E-state index in [-0.39, 0.29) is 6.54 Å². The van der Waals surface area contributed by atoms with Gasteiger partial charge in [0.2, 0.25) is 5.91 Å². The molecule has 3 N–H and O–H groups in total. The average Bonchev–Trinajstić information content (AvgIpc) is 2.51. The van der Waals surface area contributed by atoms with Crippen LogP contribution in [0.25, 0.3) is 0 Å². The van der Waals surface area contributed by atoms with Crippen molar-refractivity contribution < 1.29 is 27.2 Å². The average molecular weight is 349 g/mol. The Hall–Kier alpha value is -2.32. The Kier molecular flexibility index (Phi) is 6.99. The van der Waals surface area contributed by atoms with E-state index in [4.69, 9.17) is 0 Å². The first-order valence-corrected chi connectivity index (χ1v) is 7.23. The highest BCUT2D eigenvalue weighted by Gasteiger charge is 2.30.